The molecular formula is C22H28ClN5S. The highest BCUT2D eigenvalue weighted by Gasteiger charge is 2.30. The summed E-state index contributed by atoms with van der Waals surface area (Å²) in [4.78, 5) is 11.9. The van der Waals surface area contributed by atoms with Crippen molar-refractivity contribution >= 4 is 29.3 Å². The van der Waals surface area contributed by atoms with Crippen LogP contribution in [-0.4, -0.2) is 55.0 Å². The molecule has 0 radical (unpaired) electrons. The number of nitrogens with two attached hydrogens (primary N) is 2. The topological polar surface area (TPSA) is 70.9 Å². The summed E-state index contributed by atoms with van der Waals surface area (Å²) >= 11 is 8.27. The first-order valence-corrected chi connectivity index (χ1v) is 11.4. The van der Waals surface area contributed by atoms with Crippen LogP contribution in [0.5, 0.6) is 0 Å². The van der Waals surface area contributed by atoms with Crippen LogP contribution in [0, 0.1) is 0 Å². The Morgan fingerprint density at radius 2 is 1.86 bits per heavy atom. The lowest BCUT2D eigenvalue weighted by atomic mass is 9.96. The van der Waals surface area contributed by atoms with Gasteiger partial charge in [-0.2, -0.15) is 0 Å². The SMILES string of the molecule is NC(N)=NCCCN1CCN(C2Cc3ccccc3Sc3ccc(Cl)cc32)CC1. The molecule has 1 fully saturated rings. The Bertz CT molecular complexity index is 875. The number of hydrogen-bond acceptors (Lipinski definition) is 4. The quantitative estimate of drug-likeness (QED) is 0.433. The van der Waals surface area contributed by atoms with Crippen LogP contribution in [0.15, 0.2) is 57.2 Å². The molecule has 154 valence electrons. The lowest BCUT2D eigenvalue weighted by Gasteiger charge is -2.39. The zero-order valence-electron chi connectivity index (χ0n) is 16.6. The van der Waals surface area contributed by atoms with Crippen LogP contribution >= 0.6 is 23.4 Å². The molecule has 0 aliphatic carbocycles. The Hall–Kier alpha value is -1.73. The van der Waals surface area contributed by atoms with E-state index in [9.17, 15) is 0 Å². The van der Waals surface area contributed by atoms with Gasteiger partial charge in [0.1, 0.15) is 0 Å². The van der Waals surface area contributed by atoms with Crippen LogP contribution in [-0.2, 0) is 6.42 Å². The predicted octanol–water partition coefficient (Wildman–Crippen LogP) is 3.37. The van der Waals surface area contributed by atoms with Crippen LogP contribution in [0.25, 0.3) is 0 Å². The maximum atomic E-state index is 6.40. The van der Waals surface area contributed by atoms with Gasteiger partial charge < -0.3 is 16.4 Å². The zero-order chi connectivity index (χ0) is 20.2. The molecule has 1 unspecified atom stereocenters. The Morgan fingerprint density at radius 1 is 1.07 bits per heavy atom. The van der Waals surface area contributed by atoms with Crippen molar-refractivity contribution in [2.75, 3.05) is 39.3 Å². The summed E-state index contributed by atoms with van der Waals surface area (Å²) in [5.74, 6) is 0.179. The Labute approximate surface area is 182 Å². The highest BCUT2D eigenvalue weighted by atomic mass is 35.5. The highest BCUT2D eigenvalue weighted by molar-refractivity contribution is 7.99. The van der Waals surface area contributed by atoms with E-state index in [4.69, 9.17) is 23.1 Å². The number of nitrogens with zero attached hydrogens (tertiary/aromatic N) is 3. The number of benzene rings is 2. The van der Waals surface area contributed by atoms with Gasteiger partial charge in [-0.1, -0.05) is 41.6 Å². The number of halogens is 1. The minimum Gasteiger partial charge on any atom is -0.370 e. The molecule has 1 atom stereocenters. The number of guanidine groups is 1. The van der Waals surface area contributed by atoms with Gasteiger partial charge in [-0.3, -0.25) is 9.89 Å². The molecule has 2 aliphatic rings. The van der Waals surface area contributed by atoms with Crippen molar-refractivity contribution in [2.24, 2.45) is 16.5 Å². The van der Waals surface area contributed by atoms with Crippen molar-refractivity contribution < 1.29 is 0 Å². The number of aliphatic imine (C=N–C) groups is 1. The van der Waals surface area contributed by atoms with Gasteiger partial charge in [0, 0.05) is 60.1 Å². The maximum absolute atomic E-state index is 6.40. The van der Waals surface area contributed by atoms with E-state index in [0.29, 0.717) is 12.6 Å². The molecule has 2 heterocycles. The molecule has 1 saturated heterocycles. The number of rotatable bonds is 5. The number of fused-ring (bicyclic) bond motifs is 2. The largest absolute Gasteiger partial charge is 0.370 e. The summed E-state index contributed by atoms with van der Waals surface area (Å²) in [7, 11) is 0. The van der Waals surface area contributed by atoms with E-state index in [1.807, 2.05) is 17.8 Å². The van der Waals surface area contributed by atoms with E-state index in [0.717, 1.165) is 50.6 Å². The molecule has 0 bridgehead atoms. The van der Waals surface area contributed by atoms with Crippen LogP contribution in [0.2, 0.25) is 5.02 Å². The van der Waals surface area contributed by atoms with E-state index >= 15 is 0 Å². The molecule has 7 heteroatoms. The van der Waals surface area contributed by atoms with Crippen molar-refractivity contribution in [2.45, 2.75) is 28.7 Å². The zero-order valence-corrected chi connectivity index (χ0v) is 18.1. The van der Waals surface area contributed by atoms with Crippen molar-refractivity contribution in [3.63, 3.8) is 0 Å². The first-order chi connectivity index (χ1) is 14.1. The monoisotopic (exact) mass is 429 g/mol. The molecule has 2 aromatic rings. The third-order valence-corrected chi connectivity index (χ3v) is 7.16. The second-order valence-corrected chi connectivity index (χ2v) is 9.17. The molecule has 29 heavy (non-hydrogen) atoms. The Kier molecular flexibility index (Phi) is 6.65. The first kappa shape index (κ1) is 20.5. The minimum atomic E-state index is 0.179. The van der Waals surface area contributed by atoms with E-state index in [1.54, 1.807) is 0 Å². The van der Waals surface area contributed by atoms with Gasteiger partial charge in [0.25, 0.3) is 0 Å². The minimum absolute atomic E-state index is 0.179. The third kappa shape index (κ3) is 5.07. The fourth-order valence-corrected chi connectivity index (χ4v) is 5.50. The molecule has 2 aromatic carbocycles. The van der Waals surface area contributed by atoms with E-state index in [-0.39, 0.29) is 5.96 Å². The molecule has 0 saturated carbocycles. The summed E-state index contributed by atoms with van der Waals surface area (Å²) in [6, 6.07) is 15.5. The second kappa shape index (κ2) is 9.39. The van der Waals surface area contributed by atoms with E-state index < -0.39 is 0 Å². The standard InChI is InChI=1S/C22H28ClN5S/c23-17-6-7-21-18(15-17)19(14-16-4-1-2-5-20(16)29-21)28-12-10-27(11-13-28)9-3-8-26-22(24)25/h1-2,4-7,15,19H,3,8-14H2,(H4,24,25,26). The lowest BCUT2D eigenvalue weighted by Crippen LogP contribution is -2.48. The average Bonchev–Trinajstić information content (AvgIpc) is 2.88. The van der Waals surface area contributed by atoms with Crippen molar-refractivity contribution in [1.29, 1.82) is 0 Å². The second-order valence-electron chi connectivity index (χ2n) is 7.65. The number of piperazine rings is 1. The van der Waals surface area contributed by atoms with E-state index in [2.05, 4.69) is 51.2 Å². The summed E-state index contributed by atoms with van der Waals surface area (Å²) in [6.45, 7) is 6.00. The van der Waals surface area contributed by atoms with Crippen LogP contribution < -0.4 is 11.5 Å². The molecule has 0 spiro atoms. The summed E-state index contributed by atoms with van der Waals surface area (Å²) in [6.07, 6.45) is 2.02. The highest BCUT2D eigenvalue weighted by Crippen LogP contribution is 2.43. The average molecular weight is 430 g/mol. The molecule has 4 rings (SSSR count). The molecule has 0 amide bonds. The van der Waals surface area contributed by atoms with Crippen molar-refractivity contribution in [3.05, 3.63) is 58.6 Å². The fraction of sp³-hybridized carbons (Fsp3) is 0.409. The smallest absolute Gasteiger partial charge is 0.185 e. The van der Waals surface area contributed by atoms with Gasteiger partial charge >= 0.3 is 0 Å². The van der Waals surface area contributed by atoms with Gasteiger partial charge in [0.2, 0.25) is 0 Å². The van der Waals surface area contributed by atoms with Gasteiger partial charge in [-0.05, 0) is 48.2 Å². The Balaban J connectivity index is 1.47. The van der Waals surface area contributed by atoms with Gasteiger partial charge in [0.15, 0.2) is 5.96 Å². The fourth-order valence-electron chi connectivity index (χ4n) is 4.21. The normalized spacial score (nSPS) is 19.8. The molecule has 4 N–H and O–H groups in total. The van der Waals surface area contributed by atoms with Gasteiger partial charge in [0.05, 0.1) is 0 Å². The summed E-state index contributed by atoms with van der Waals surface area (Å²) < 4.78 is 0. The van der Waals surface area contributed by atoms with Gasteiger partial charge in [-0.15, -0.1) is 0 Å². The van der Waals surface area contributed by atoms with Crippen molar-refractivity contribution in [1.82, 2.24) is 9.80 Å². The summed E-state index contributed by atoms with van der Waals surface area (Å²) in [5, 5.41) is 0.818. The van der Waals surface area contributed by atoms with Crippen LogP contribution in [0.1, 0.15) is 23.6 Å². The Morgan fingerprint density at radius 3 is 2.66 bits per heavy atom. The molecular weight excluding hydrogens is 402 g/mol. The molecule has 0 aromatic heterocycles. The molecule has 5 nitrogen and oxygen atoms in total. The summed E-state index contributed by atoms with van der Waals surface area (Å²) in [5.41, 5.74) is 13.6. The predicted molar refractivity (Wildman–Crippen MR) is 122 cm³/mol. The maximum Gasteiger partial charge on any atom is 0.185 e. The number of hydrogen-bond donors (Lipinski definition) is 2. The van der Waals surface area contributed by atoms with E-state index in [1.165, 1.54) is 20.9 Å². The lowest BCUT2D eigenvalue weighted by molar-refractivity contribution is 0.0941. The van der Waals surface area contributed by atoms with Crippen LogP contribution in [0.4, 0.5) is 0 Å². The third-order valence-electron chi connectivity index (χ3n) is 5.71. The van der Waals surface area contributed by atoms with Crippen LogP contribution in [0.3, 0.4) is 0 Å². The molecule has 2 aliphatic heterocycles. The van der Waals surface area contributed by atoms with Crippen molar-refractivity contribution in [3.8, 4) is 0 Å². The first-order valence-electron chi connectivity index (χ1n) is 10.2. The van der Waals surface area contributed by atoms with Gasteiger partial charge in [-0.25, -0.2) is 0 Å².